The van der Waals surface area contributed by atoms with E-state index in [0.717, 1.165) is 63.6 Å². The van der Waals surface area contributed by atoms with Gasteiger partial charge in [-0.1, -0.05) is 25.5 Å². The molecule has 0 saturated heterocycles. The summed E-state index contributed by atoms with van der Waals surface area (Å²) in [6.45, 7) is 6.53. The van der Waals surface area contributed by atoms with Crippen molar-refractivity contribution in [2.45, 2.75) is 39.2 Å². The fourth-order valence-electron chi connectivity index (χ4n) is 2.59. The number of halogens is 1. The quantitative estimate of drug-likeness (QED) is 0.227. The molecule has 0 saturated carbocycles. The van der Waals surface area contributed by atoms with Crippen LogP contribution in [0.15, 0.2) is 35.6 Å². The maximum Gasteiger partial charge on any atom is 0.190 e. The third-order valence-corrected chi connectivity index (χ3v) is 4.02. The summed E-state index contributed by atoms with van der Waals surface area (Å²) in [6, 6.07) is 8.23. The molecule has 0 amide bonds. The van der Waals surface area contributed by atoms with Crippen molar-refractivity contribution in [3.8, 4) is 0 Å². The van der Waals surface area contributed by atoms with Gasteiger partial charge in [0.15, 0.2) is 5.96 Å². The lowest BCUT2D eigenvalue weighted by atomic mass is 10.3. The summed E-state index contributed by atoms with van der Waals surface area (Å²) in [5, 5.41) is 6.68. The van der Waals surface area contributed by atoms with Crippen LogP contribution in [0, 0.1) is 0 Å². The van der Waals surface area contributed by atoms with Gasteiger partial charge in [-0.15, -0.1) is 24.0 Å². The lowest BCUT2D eigenvalue weighted by Crippen LogP contribution is -2.38. The summed E-state index contributed by atoms with van der Waals surface area (Å²) in [4.78, 5) is 8.67. The van der Waals surface area contributed by atoms with Gasteiger partial charge in [0.2, 0.25) is 0 Å². The smallest absolute Gasteiger partial charge is 0.190 e. The van der Waals surface area contributed by atoms with Crippen molar-refractivity contribution in [1.82, 2.24) is 20.2 Å². The van der Waals surface area contributed by atoms with Crippen LogP contribution < -0.4 is 10.6 Å². The maximum atomic E-state index is 5.56. The summed E-state index contributed by atoms with van der Waals surface area (Å²) in [6.07, 6.45) is 6.25. The molecule has 0 aliphatic carbocycles. The van der Waals surface area contributed by atoms with E-state index in [1.54, 1.807) is 7.05 Å². The van der Waals surface area contributed by atoms with Crippen LogP contribution in [0.25, 0.3) is 11.0 Å². The molecule has 2 aromatic rings. The van der Waals surface area contributed by atoms with Gasteiger partial charge in [-0.05, 0) is 31.4 Å². The zero-order chi connectivity index (χ0) is 17.7. The number of fused-ring (bicyclic) bond motifs is 1. The number of unbranched alkanes of at least 4 members (excludes halogenated alkanes) is 1. The third kappa shape index (κ3) is 7.90. The van der Waals surface area contributed by atoms with E-state index in [2.05, 4.69) is 44.2 Å². The van der Waals surface area contributed by atoms with Gasteiger partial charge in [-0.25, -0.2) is 4.98 Å². The van der Waals surface area contributed by atoms with Gasteiger partial charge >= 0.3 is 0 Å². The number of nitrogens with zero attached hydrogens (tertiary/aromatic N) is 3. The Bertz CT molecular complexity index is 644. The summed E-state index contributed by atoms with van der Waals surface area (Å²) in [5.41, 5.74) is 2.24. The Labute approximate surface area is 173 Å². The molecule has 0 bridgehead atoms. The standard InChI is InChI=1S/C19H31N5O.HI/c1-3-4-14-25-15-8-12-22-19(20-2)21-11-7-13-24-16-23-17-9-5-6-10-18(17)24;/h5-6,9-10,16H,3-4,7-8,11-15H2,1-2H3,(H2,20,21,22);1H. The van der Waals surface area contributed by atoms with Crippen LogP contribution in [0.2, 0.25) is 0 Å². The van der Waals surface area contributed by atoms with E-state index in [9.17, 15) is 0 Å². The normalized spacial score (nSPS) is 11.4. The van der Waals surface area contributed by atoms with Crippen molar-refractivity contribution in [2.75, 3.05) is 33.4 Å². The Balaban J connectivity index is 0.00000338. The Hall–Kier alpha value is -1.35. The lowest BCUT2D eigenvalue weighted by Gasteiger charge is -2.12. The SMILES string of the molecule is CCCCOCCCNC(=NC)NCCCn1cnc2ccccc21.I. The maximum absolute atomic E-state index is 5.56. The number of hydrogen-bond donors (Lipinski definition) is 2. The van der Waals surface area contributed by atoms with Crippen molar-refractivity contribution >= 4 is 41.0 Å². The largest absolute Gasteiger partial charge is 0.381 e. The Kier molecular flexibility index (Phi) is 12.0. The highest BCUT2D eigenvalue weighted by Gasteiger charge is 2.01. The van der Waals surface area contributed by atoms with E-state index in [-0.39, 0.29) is 24.0 Å². The number of benzene rings is 1. The van der Waals surface area contributed by atoms with Crippen LogP contribution in [0.3, 0.4) is 0 Å². The van der Waals surface area contributed by atoms with Crippen molar-refractivity contribution in [3.05, 3.63) is 30.6 Å². The molecule has 2 rings (SSSR count). The molecule has 1 heterocycles. The molecular weight excluding hydrogens is 441 g/mol. The average molecular weight is 473 g/mol. The second-order valence-corrected chi connectivity index (χ2v) is 6.03. The van der Waals surface area contributed by atoms with Crippen LogP contribution in [0.5, 0.6) is 0 Å². The molecule has 26 heavy (non-hydrogen) atoms. The molecular formula is C19H32IN5O. The minimum atomic E-state index is 0. The Morgan fingerprint density at radius 1 is 1.12 bits per heavy atom. The molecule has 1 aromatic carbocycles. The van der Waals surface area contributed by atoms with Crippen molar-refractivity contribution in [2.24, 2.45) is 4.99 Å². The van der Waals surface area contributed by atoms with Crippen LogP contribution in [-0.4, -0.2) is 48.9 Å². The number of rotatable bonds is 11. The van der Waals surface area contributed by atoms with E-state index in [1.807, 2.05) is 18.5 Å². The predicted molar refractivity (Wildman–Crippen MR) is 119 cm³/mol. The topological polar surface area (TPSA) is 63.5 Å². The highest BCUT2D eigenvalue weighted by Crippen LogP contribution is 2.11. The molecule has 0 fully saturated rings. The number of hydrogen-bond acceptors (Lipinski definition) is 3. The van der Waals surface area contributed by atoms with E-state index in [4.69, 9.17) is 4.74 Å². The van der Waals surface area contributed by atoms with Crippen LogP contribution in [-0.2, 0) is 11.3 Å². The lowest BCUT2D eigenvalue weighted by molar-refractivity contribution is 0.129. The average Bonchev–Trinajstić information content (AvgIpc) is 3.06. The number of aliphatic imine (C=N–C) groups is 1. The van der Waals surface area contributed by atoms with Gasteiger partial charge in [0.1, 0.15) is 0 Å². The van der Waals surface area contributed by atoms with Gasteiger partial charge in [-0.2, -0.15) is 0 Å². The summed E-state index contributed by atoms with van der Waals surface area (Å²) >= 11 is 0. The van der Waals surface area contributed by atoms with Crippen molar-refractivity contribution < 1.29 is 4.74 Å². The molecule has 2 N–H and O–H groups in total. The summed E-state index contributed by atoms with van der Waals surface area (Å²) in [7, 11) is 1.80. The van der Waals surface area contributed by atoms with Gasteiger partial charge in [0, 0.05) is 39.9 Å². The van der Waals surface area contributed by atoms with Gasteiger partial charge in [0.05, 0.1) is 17.4 Å². The van der Waals surface area contributed by atoms with Crippen LogP contribution in [0.4, 0.5) is 0 Å². The van der Waals surface area contributed by atoms with Crippen molar-refractivity contribution in [1.29, 1.82) is 0 Å². The molecule has 6 nitrogen and oxygen atoms in total. The van der Waals surface area contributed by atoms with Crippen molar-refractivity contribution in [3.63, 3.8) is 0 Å². The van der Waals surface area contributed by atoms with Gasteiger partial charge in [-0.3, -0.25) is 4.99 Å². The first-order valence-corrected chi connectivity index (χ1v) is 9.27. The minimum absolute atomic E-state index is 0. The molecule has 0 spiro atoms. The molecule has 1 aromatic heterocycles. The van der Waals surface area contributed by atoms with Crippen LogP contribution in [0.1, 0.15) is 32.6 Å². The second-order valence-electron chi connectivity index (χ2n) is 6.03. The first-order valence-electron chi connectivity index (χ1n) is 9.27. The van der Waals surface area contributed by atoms with E-state index in [0.29, 0.717) is 0 Å². The zero-order valence-electron chi connectivity index (χ0n) is 15.9. The number of imidazole rings is 1. The number of guanidine groups is 1. The number of para-hydroxylation sites is 2. The van der Waals surface area contributed by atoms with E-state index >= 15 is 0 Å². The highest BCUT2D eigenvalue weighted by atomic mass is 127. The fourth-order valence-corrected chi connectivity index (χ4v) is 2.59. The summed E-state index contributed by atoms with van der Waals surface area (Å²) in [5.74, 6) is 0.851. The van der Waals surface area contributed by atoms with E-state index < -0.39 is 0 Å². The highest BCUT2D eigenvalue weighted by molar-refractivity contribution is 14.0. The van der Waals surface area contributed by atoms with Gasteiger partial charge in [0.25, 0.3) is 0 Å². The second kappa shape index (κ2) is 13.8. The number of aryl methyl sites for hydroxylation is 1. The zero-order valence-corrected chi connectivity index (χ0v) is 18.2. The summed E-state index contributed by atoms with van der Waals surface area (Å²) < 4.78 is 7.75. The number of nitrogens with one attached hydrogen (secondary N) is 2. The molecule has 0 aliphatic rings. The number of ether oxygens (including phenoxy) is 1. The van der Waals surface area contributed by atoms with Crippen LogP contribution >= 0.6 is 24.0 Å². The number of aromatic nitrogens is 2. The molecule has 7 heteroatoms. The Morgan fingerprint density at radius 3 is 2.62 bits per heavy atom. The first kappa shape index (κ1) is 22.7. The first-order chi connectivity index (χ1) is 12.3. The predicted octanol–water partition coefficient (Wildman–Crippen LogP) is 3.42. The fraction of sp³-hybridized carbons (Fsp3) is 0.579. The molecule has 0 atom stereocenters. The molecule has 0 aliphatic heterocycles. The minimum Gasteiger partial charge on any atom is -0.381 e. The Morgan fingerprint density at radius 2 is 1.85 bits per heavy atom. The third-order valence-electron chi connectivity index (χ3n) is 4.02. The molecule has 0 radical (unpaired) electrons. The van der Waals surface area contributed by atoms with Gasteiger partial charge < -0.3 is 19.9 Å². The molecule has 0 unspecified atom stereocenters. The molecule has 146 valence electrons. The monoisotopic (exact) mass is 473 g/mol. The van der Waals surface area contributed by atoms with E-state index in [1.165, 1.54) is 11.9 Å².